The Morgan fingerprint density at radius 3 is 2.60 bits per heavy atom. The summed E-state index contributed by atoms with van der Waals surface area (Å²) in [4.78, 5) is 20.5. The molecule has 0 radical (unpaired) electrons. The third-order valence-electron chi connectivity index (χ3n) is 2.40. The Balaban J connectivity index is 3.20. The van der Waals surface area contributed by atoms with Gasteiger partial charge in [-0.1, -0.05) is 0 Å². The van der Waals surface area contributed by atoms with Crippen LogP contribution in [-0.4, -0.2) is 29.7 Å². The maximum atomic E-state index is 11.7. The first-order valence-electron chi connectivity index (χ1n) is 5.12. The van der Waals surface area contributed by atoms with Gasteiger partial charge in [-0.15, -0.1) is 0 Å². The van der Waals surface area contributed by atoms with Crippen molar-refractivity contribution in [1.29, 1.82) is 5.26 Å². The SMILES string of the molecule is CC(C(=O)O)S(=O)(=O)Nc1ccc([N+](=O)[O-])cc1C#N. The smallest absolute Gasteiger partial charge is 0.323 e. The van der Waals surface area contributed by atoms with Crippen molar-refractivity contribution in [2.24, 2.45) is 0 Å². The first kappa shape index (κ1) is 15.4. The Morgan fingerprint density at radius 1 is 1.55 bits per heavy atom. The molecule has 9 nitrogen and oxygen atoms in total. The number of carbonyl (C=O) groups is 1. The number of carboxylic acid groups (broad SMARTS) is 1. The lowest BCUT2D eigenvalue weighted by Gasteiger charge is -2.12. The normalized spacial score (nSPS) is 12.2. The Hall–Kier alpha value is -2.67. The third-order valence-corrected chi connectivity index (χ3v) is 4.04. The maximum Gasteiger partial charge on any atom is 0.323 e. The van der Waals surface area contributed by atoms with Crippen LogP contribution in [0.5, 0.6) is 0 Å². The monoisotopic (exact) mass is 299 g/mol. The fraction of sp³-hybridized carbons (Fsp3) is 0.200. The molecule has 0 saturated heterocycles. The van der Waals surface area contributed by atoms with E-state index in [2.05, 4.69) is 0 Å². The van der Waals surface area contributed by atoms with Crippen LogP contribution in [0.25, 0.3) is 0 Å². The molecule has 1 aromatic carbocycles. The van der Waals surface area contributed by atoms with Gasteiger partial charge in [-0.3, -0.25) is 19.6 Å². The summed E-state index contributed by atoms with van der Waals surface area (Å²) in [5.41, 5.74) is -0.873. The minimum atomic E-state index is -4.25. The Bertz CT molecular complexity index is 706. The van der Waals surface area contributed by atoms with Gasteiger partial charge in [0, 0.05) is 12.1 Å². The van der Waals surface area contributed by atoms with Crippen LogP contribution in [0.1, 0.15) is 12.5 Å². The predicted octanol–water partition coefficient (Wildman–Crippen LogP) is 0.681. The topological polar surface area (TPSA) is 150 Å². The lowest BCUT2D eigenvalue weighted by molar-refractivity contribution is -0.384. The number of nitro groups is 1. The fourth-order valence-electron chi connectivity index (χ4n) is 1.20. The summed E-state index contributed by atoms with van der Waals surface area (Å²) in [6, 6.07) is 4.53. The highest BCUT2D eigenvalue weighted by atomic mass is 32.2. The van der Waals surface area contributed by atoms with Gasteiger partial charge in [-0.05, 0) is 13.0 Å². The van der Waals surface area contributed by atoms with Crippen molar-refractivity contribution >= 4 is 27.4 Å². The molecule has 0 saturated carbocycles. The van der Waals surface area contributed by atoms with Crippen LogP contribution in [0.15, 0.2) is 18.2 Å². The predicted molar refractivity (Wildman–Crippen MR) is 67.5 cm³/mol. The molecular formula is C10H9N3O6S. The molecular weight excluding hydrogens is 290 g/mol. The number of non-ortho nitro benzene ring substituents is 1. The second kappa shape index (κ2) is 5.54. The van der Waals surface area contributed by atoms with Gasteiger partial charge in [0.25, 0.3) is 5.69 Å². The molecule has 1 unspecified atom stereocenters. The summed E-state index contributed by atoms with van der Waals surface area (Å²) in [6.45, 7) is 0.960. The highest BCUT2D eigenvalue weighted by Crippen LogP contribution is 2.23. The zero-order chi connectivity index (χ0) is 15.5. The molecule has 1 aromatic rings. The lowest BCUT2D eigenvalue weighted by atomic mass is 10.2. The van der Waals surface area contributed by atoms with E-state index in [4.69, 9.17) is 10.4 Å². The number of hydrogen-bond acceptors (Lipinski definition) is 6. The number of nitro benzene ring substituents is 1. The molecule has 0 aliphatic heterocycles. The molecule has 0 spiro atoms. The Morgan fingerprint density at radius 2 is 2.15 bits per heavy atom. The average molecular weight is 299 g/mol. The molecule has 106 valence electrons. The number of nitrogens with zero attached hydrogens (tertiary/aromatic N) is 2. The van der Waals surface area contributed by atoms with Crippen molar-refractivity contribution in [3.63, 3.8) is 0 Å². The number of benzene rings is 1. The van der Waals surface area contributed by atoms with E-state index in [1.807, 2.05) is 4.72 Å². The molecule has 1 rings (SSSR count). The van der Waals surface area contributed by atoms with Crippen molar-refractivity contribution in [2.75, 3.05) is 4.72 Å². The molecule has 0 aliphatic rings. The number of anilines is 1. The highest BCUT2D eigenvalue weighted by molar-refractivity contribution is 7.94. The third kappa shape index (κ3) is 3.21. The van der Waals surface area contributed by atoms with Crippen LogP contribution in [-0.2, 0) is 14.8 Å². The van der Waals surface area contributed by atoms with Crippen molar-refractivity contribution < 1.29 is 23.2 Å². The molecule has 10 heteroatoms. The van der Waals surface area contributed by atoms with E-state index >= 15 is 0 Å². The van der Waals surface area contributed by atoms with E-state index in [0.29, 0.717) is 0 Å². The van der Waals surface area contributed by atoms with Crippen LogP contribution in [0.2, 0.25) is 0 Å². The second-order valence-corrected chi connectivity index (χ2v) is 5.73. The Labute approximate surface area is 113 Å². The van der Waals surface area contributed by atoms with E-state index in [1.165, 1.54) is 0 Å². The van der Waals surface area contributed by atoms with Gasteiger partial charge >= 0.3 is 5.97 Å². The summed E-state index contributed by atoms with van der Waals surface area (Å²) in [5, 5.41) is 26.3. The van der Waals surface area contributed by atoms with Crippen LogP contribution in [0.4, 0.5) is 11.4 Å². The van der Waals surface area contributed by atoms with Gasteiger partial charge in [-0.2, -0.15) is 5.26 Å². The molecule has 0 fully saturated rings. The van der Waals surface area contributed by atoms with E-state index < -0.39 is 26.2 Å². The van der Waals surface area contributed by atoms with E-state index in [0.717, 1.165) is 25.1 Å². The zero-order valence-corrected chi connectivity index (χ0v) is 10.9. The van der Waals surface area contributed by atoms with Gasteiger partial charge in [0.05, 0.1) is 16.2 Å². The minimum absolute atomic E-state index is 0.216. The van der Waals surface area contributed by atoms with Crippen LogP contribution < -0.4 is 4.72 Å². The van der Waals surface area contributed by atoms with E-state index in [9.17, 15) is 23.3 Å². The molecule has 0 aromatic heterocycles. The van der Waals surface area contributed by atoms with Crippen LogP contribution >= 0.6 is 0 Å². The maximum absolute atomic E-state index is 11.7. The van der Waals surface area contributed by atoms with E-state index in [1.54, 1.807) is 6.07 Å². The standard InChI is InChI=1S/C10H9N3O6S/c1-6(10(14)15)20(18,19)12-9-3-2-8(13(16)17)4-7(9)5-11/h2-4,6,12H,1H3,(H,14,15). The summed E-state index contributed by atoms with van der Waals surface area (Å²) < 4.78 is 25.3. The largest absolute Gasteiger partial charge is 0.480 e. The molecule has 0 heterocycles. The number of aliphatic carboxylic acids is 1. The van der Waals surface area contributed by atoms with E-state index in [-0.39, 0.29) is 16.9 Å². The van der Waals surface area contributed by atoms with Gasteiger partial charge in [0.1, 0.15) is 6.07 Å². The average Bonchev–Trinajstić information content (AvgIpc) is 2.37. The Kier molecular flexibility index (Phi) is 4.26. The summed E-state index contributed by atoms with van der Waals surface area (Å²) in [6.07, 6.45) is 0. The van der Waals surface area contributed by atoms with Crippen molar-refractivity contribution in [3.8, 4) is 6.07 Å². The number of nitriles is 1. The van der Waals surface area contributed by atoms with Gasteiger partial charge in [0.2, 0.25) is 10.0 Å². The highest BCUT2D eigenvalue weighted by Gasteiger charge is 2.28. The van der Waals surface area contributed by atoms with Crippen molar-refractivity contribution in [3.05, 3.63) is 33.9 Å². The van der Waals surface area contributed by atoms with Gasteiger partial charge < -0.3 is 5.11 Å². The molecule has 20 heavy (non-hydrogen) atoms. The number of nitrogens with one attached hydrogen (secondary N) is 1. The first-order chi connectivity index (χ1) is 9.19. The quantitative estimate of drug-likeness (QED) is 0.599. The molecule has 2 N–H and O–H groups in total. The van der Waals surface area contributed by atoms with Crippen LogP contribution in [0.3, 0.4) is 0 Å². The summed E-state index contributed by atoms with van der Waals surface area (Å²) in [5.74, 6) is -1.56. The summed E-state index contributed by atoms with van der Waals surface area (Å²) >= 11 is 0. The number of sulfonamides is 1. The number of rotatable bonds is 5. The zero-order valence-electron chi connectivity index (χ0n) is 10.1. The second-order valence-electron chi connectivity index (χ2n) is 3.73. The van der Waals surface area contributed by atoms with Crippen molar-refractivity contribution in [1.82, 2.24) is 0 Å². The number of carboxylic acids is 1. The van der Waals surface area contributed by atoms with Crippen molar-refractivity contribution in [2.45, 2.75) is 12.2 Å². The molecule has 0 bridgehead atoms. The van der Waals surface area contributed by atoms with Gasteiger partial charge in [0.15, 0.2) is 5.25 Å². The molecule has 1 atom stereocenters. The fourth-order valence-corrected chi connectivity index (χ4v) is 2.13. The summed E-state index contributed by atoms with van der Waals surface area (Å²) in [7, 11) is -4.25. The molecule has 0 aliphatic carbocycles. The van der Waals surface area contributed by atoms with Crippen LogP contribution in [0, 0.1) is 21.4 Å². The molecule has 0 amide bonds. The first-order valence-corrected chi connectivity index (χ1v) is 6.66. The number of hydrogen-bond donors (Lipinski definition) is 2. The van der Waals surface area contributed by atoms with Gasteiger partial charge in [-0.25, -0.2) is 8.42 Å². The minimum Gasteiger partial charge on any atom is -0.480 e. The lowest BCUT2D eigenvalue weighted by Crippen LogP contribution is -2.32.